The van der Waals surface area contributed by atoms with Gasteiger partial charge in [0.25, 0.3) is 5.91 Å². The number of β-amino-alcohol motifs (C(OH)–C–C–N with tert-alkyl or cyclic N) is 1. The summed E-state index contributed by atoms with van der Waals surface area (Å²) in [6.45, 7) is 12.0. The number of nitrogens with one attached hydrogen (secondary N) is 2. The van der Waals surface area contributed by atoms with E-state index in [4.69, 9.17) is 4.98 Å². The molecule has 1 saturated carbocycles. The van der Waals surface area contributed by atoms with Crippen LogP contribution in [0.25, 0.3) is 11.1 Å². The van der Waals surface area contributed by atoms with Gasteiger partial charge < -0.3 is 25.5 Å². The molecule has 2 aromatic rings. The highest BCUT2D eigenvalue weighted by molar-refractivity contribution is 5.99. The highest BCUT2D eigenvalue weighted by Crippen LogP contribution is 2.36. The summed E-state index contributed by atoms with van der Waals surface area (Å²) in [5.74, 6) is -0.147. The fourth-order valence-corrected chi connectivity index (χ4v) is 7.98. The zero-order valence-corrected chi connectivity index (χ0v) is 28.9. The van der Waals surface area contributed by atoms with Crippen molar-refractivity contribution in [1.82, 2.24) is 25.4 Å². The second-order valence-electron chi connectivity index (χ2n) is 14.4. The molecule has 3 N–H and O–H groups in total. The molecule has 1 aromatic carbocycles. The Balaban J connectivity index is 1.42. The molecular formula is C37H56N6O3. The molecule has 1 aliphatic carbocycles. The van der Waals surface area contributed by atoms with Gasteiger partial charge in [-0.25, -0.2) is 0 Å². The van der Waals surface area contributed by atoms with Crippen LogP contribution in [-0.2, 0) is 11.3 Å². The van der Waals surface area contributed by atoms with E-state index in [9.17, 15) is 14.7 Å². The van der Waals surface area contributed by atoms with Crippen molar-refractivity contribution < 1.29 is 14.7 Å². The van der Waals surface area contributed by atoms with Gasteiger partial charge in [0.05, 0.1) is 17.7 Å². The summed E-state index contributed by atoms with van der Waals surface area (Å²) in [6.07, 6.45) is 9.01. The minimum atomic E-state index is -0.262. The van der Waals surface area contributed by atoms with Crippen LogP contribution in [0.2, 0.25) is 0 Å². The summed E-state index contributed by atoms with van der Waals surface area (Å²) in [6, 6.07) is 9.60. The quantitative estimate of drug-likeness (QED) is 0.352. The molecule has 4 atom stereocenters. The van der Waals surface area contributed by atoms with Gasteiger partial charge >= 0.3 is 0 Å². The second kappa shape index (κ2) is 15.3. The van der Waals surface area contributed by atoms with Crippen molar-refractivity contribution >= 4 is 17.5 Å². The second-order valence-corrected chi connectivity index (χ2v) is 14.4. The molecule has 3 heterocycles. The van der Waals surface area contributed by atoms with E-state index in [-0.39, 0.29) is 35.8 Å². The number of piperidine rings is 2. The smallest absolute Gasteiger partial charge is 0.251 e. The molecule has 9 heteroatoms. The first kappa shape index (κ1) is 34.3. The van der Waals surface area contributed by atoms with E-state index in [2.05, 4.69) is 78.4 Å². The summed E-state index contributed by atoms with van der Waals surface area (Å²) in [7, 11) is 4.35. The molecule has 0 radical (unpaired) electrons. The maximum atomic E-state index is 13.9. The maximum absolute atomic E-state index is 13.9. The number of rotatable bonds is 10. The molecule has 252 valence electrons. The van der Waals surface area contributed by atoms with Crippen molar-refractivity contribution in [2.45, 2.75) is 103 Å². The Bertz CT molecular complexity index is 1340. The number of benzene rings is 1. The van der Waals surface area contributed by atoms with E-state index in [0.717, 1.165) is 79.8 Å². The van der Waals surface area contributed by atoms with E-state index in [0.29, 0.717) is 30.7 Å². The van der Waals surface area contributed by atoms with Crippen molar-refractivity contribution in [2.24, 2.45) is 11.8 Å². The number of pyridine rings is 1. The third-order valence-electron chi connectivity index (χ3n) is 10.8. The van der Waals surface area contributed by atoms with Gasteiger partial charge in [0.2, 0.25) is 5.91 Å². The largest absolute Gasteiger partial charge is 0.392 e. The van der Waals surface area contributed by atoms with Crippen LogP contribution >= 0.6 is 0 Å². The molecule has 0 spiro atoms. The van der Waals surface area contributed by atoms with Crippen LogP contribution in [-0.4, -0.2) is 96.2 Å². The van der Waals surface area contributed by atoms with Crippen LogP contribution in [0.5, 0.6) is 0 Å². The predicted molar refractivity (Wildman–Crippen MR) is 185 cm³/mol. The fourth-order valence-electron chi connectivity index (χ4n) is 7.98. The molecule has 9 nitrogen and oxygen atoms in total. The first-order valence-electron chi connectivity index (χ1n) is 17.6. The molecule has 0 bridgehead atoms. The number of hydrogen-bond donors (Lipinski definition) is 3. The molecule has 3 unspecified atom stereocenters. The summed E-state index contributed by atoms with van der Waals surface area (Å²) in [5.41, 5.74) is 5.64. The third-order valence-corrected chi connectivity index (χ3v) is 10.8. The van der Waals surface area contributed by atoms with Crippen molar-refractivity contribution in [2.75, 3.05) is 45.2 Å². The van der Waals surface area contributed by atoms with Gasteiger partial charge in [0, 0.05) is 67.3 Å². The number of aliphatic hydroxyl groups excluding tert-OH is 1. The van der Waals surface area contributed by atoms with Gasteiger partial charge in [0.1, 0.15) is 0 Å². The normalized spacial score (nSPS) is 27.3. The van der Waals surface area contributed by atoms with Gasteiger partial charge in [-0.1, -0.05) is 13.0 Å². The number of anilines is 1. The number of amides is 2. The molecule has 3 fully saturated rings. The first-order chi connectivity index (χ1) is 22.0. The average Bonchev–Trinajstić information content (AvgIpc) is 3.02. The monoisotopic (exact) mass is 632 g/mol. The van der Waals surface area contributed by atoms with Crippen molar-refractivity contribution in [3.8, 4) is 11.1 Å². The molecule has 1 aromatic heterocycles. The predicted octanol–water partition coefficient (Wildman–Crippen LogP) is 4.60. The van der Waals surface area contributed by atoms with Crippen LogP contribution < -0.4 is 15.5 Å². The van der Waals surface area contributed by atoms with Gasteiger partial charge in [-0.2, -0.15) is 0 Å². The van der Waals surface area contributed by atoms with E-state index >= 15 is 0 Å². The molecule has 2 amide bonds. The number of carbonyl (C=O) groups excluding carboxylic acids is 2. The van der Waals surface area contributed by atoms with E-state index in [1.54, 1.807) is 0 Å². The SMILES string of the molecule is CCN(c1cc(-c2ccc(CN3CCC[C@H](O)C3)nc2)cc(C(=O)NCC2C(=O)NC(C)CC2C)c1C)C1CCC(N(C)C)CC1. The van der Waals surface area contributed by atoms with Gasteiger partial charge in [-0.3, -0.25) is 19.5 Å². The number of nitrogens with zero attached hydrogens (tertiary/aromatic N) is 4. The number of carbonyl (C=O) groups is 2. The first-order valence-corrected chi connectivity index (χ1v) is 17.6. The molecule has 2 aliphatic heterocycles. The fraction of sp³-hybridized carbons (Fsp3) is 0.649. The Morgan fingerprint density at radius 3 is 2.46 bits per heavy atom. The Morgan fingerprint density at radius 1 is 1.09 bits per heavy atom. The van der Waals surface area contributed by atoms with Crippen molar-refractivity contribution in [3.05, 3.63) is 47.3 Å². The minimum Gasteiger partial charge on any atom is -0.392 e. The minimum absolute atomic E-state index is 0.0217. The van der Waals surface area contributed by atoms with Crippen molar-refractivity contribution in [3.63, 3.8) is 0 Å². The lowest BCUT2D eigenvalue weighted by Crippen LogP contribution is -2.50. The molecule has 2 saturated heterocycles. The number of hydrogen-bond acceptors (Lipinski definition) is 7. The lowest BCUT2D eigenvalue weighted by molar-refractivity contribution is -0.129. The molecular weight excluding hydrogens is 576 g/mol. The Kier molecular flexibility index (Phi) is 11.4. The highest BCUT2D eigenvalue weighted by Gasteiger charge is 2.33. The third kappa shape index (κ3) is 8.09. The summed E-state index contributed by atoms with van der Waals surface area (Å²) in [4.78, 5) is 38.6. The standard InChI is InChI=1S/C37H56N6O3/c1-7-43(31-14-12-30(13-15-31)41(5)6)35-19-28(27-10-11-29(38-20-27)22-42-16-8-9-32(44)23-42)18-33(26(35)4)36(45)39-21-34-24(2)17-25(3)40-37(34)46/h10-11,18-20,24-25,30-32,34,44H,7-9,12-17,21-23H2,1-6H3,(H,39,45)(H,40,46)/t24?,25?,30?,31?,32-,34?/m0/s1. The van der Waals surface area contributed by atoms with E-state index in [1.807, 2.05) is 19.2 Å². The van der Waals surface area contributed by atoms with Crippen LogP contribution in [0.3, 0.4) is 0 Å². The van der Waals surface area contributed by atoms with Gasteiger partial charge in [-0.05, 0) is 122 Å². The molecule has 5 rings (SSSR count). The number of aliphatic hydroxyl groups is 1. The summed E-state index contributed by atoms with van der Waals surface area (Å²) >= 11 is 0. The Labute approximate surface area is 276 Å². The van der Waals surface area contributed by atoms with Crippen LogP contribution in [0.4, 0.5) is 5.69 Å². The number of aromatic nitrogens is 1. The molecule has 3 aliphatic rings. The maximum Gasteiger partial charge on any atom is 0.251 e. The van der Waals surface area contributed by atoms with Crippen molar-refractivity contribution in [1.29, 1.82) is 0 Å². The van der Waals surface area contributed by atoms with E-state index in [1.165, 1.54) is 12.8 Å². The zero-order chi connectivity index (χ0) is 33.0. The van der Waals surface area contributed by atoms with Crippen LogP contribution in [0.1, 0.15) is 87.3 Å². The lowest BCUT2D eigenvalue weighted by Gasteiger charge is -2.40. The zero-order valence-electron chi connectivity index (χ0n) is 28.9. The number of likely N-dealkylation sites (tertiary alicyclic amines) is 1. The van der Waals surface area contributed by atoms with Crippen LogP contribution in [0, 0.1) is 18.8 Å². The summed E-state index contributed by atoms with van der Waals surface area (Å²) < 4.78 is 0. The molecule has 46 heavy (non-hydrogen) atoms. The Morgan fingerprint density at radius 2 is 1.83 bits per heavy atom. The highest BCUT2D eigenvalue weighted by atomic mass is 16.3. The van der Waals surface area contributed by atoms with Gasteiger partial charge in [0.15, 0.2) is 0 Å². The van der Waals surface area contributed by atoms with Crippen LogP contribution in [0.15, 0.2) is 30.5 Å². The van der Waals surface area contributed by atoms with Gasteiger partial charge in [-0.15, -0.1) is 0 Å². The van der Waals surface area contributed by atoms with E-state index < -0.39 is 0 Å². The lowest BCUT2D eigenvalue weighted by atomic mass is 9.84. The average molecular weight is 633 g/mol. The Hall–Kier alpha value is -3.01. The topological polar surface area (TPSA) is 101 Å². The summed E-state index contributed by atoms with van der Waals surface area (Å²) in [5, 5.41) is 16.3.